The molecule has 0 unspecified atom stereocenters. The van der Waals surface area contributed by atoms with E-state index in [2.05, 4.69) is 39.0 Å². The fourth-order valence-corrected chi connectivity index (χ4v) is 4.66. The van der Waals surface area contributed by atoms with Crippen molar-refractivity contribution >= 4 is 0 Å². The molecular formula is C22H35N3O2. The number of hydrogen-bond acceptors (Lipinski definition) is 5. The normalized spacial score (nSPS) is 25.3. The molecule has 0 amide bonds. The molecule has 5 nitrogen and oxygen atoms in total. The third-order valence-corrected chi connectivity index (χ3v) is 6.22. The lowest BCUT2D eigenvalue weighted by molar-refractivity contribution is 0.0358. The van der Waals surface area contributed by atoms with Crippen molar-refractivity contribution in [2.24, 2.45) is 0 Å². The molecule has 0 aromatic heterocycles. The second kappa shape index (κ2) is 9.87. The Morgan fingerprint density at radius 1 is 1.00 bits per heavy atom. The van der Waals surface area contributed by atoms with Gasteiger partial charge in [-0.3, -0.25) is 14.7 Å². The lowest BCUT2D eigenvalue weighted by Crippen LogP contribution is -2.54. The van der Waals surface area contributed by atoms with Gasteiger partial charge in [-0.05, 0) is 43.5 Å². The number of ether oxygens (including phenoxy) is 2. The van der Waals surface area contributed by atoms with Crippen LogP contribution in [-0.2, 0) is 11.3 Å². The molecule has 0 bridgehead atoms. The van der Waals surface area contributed by atoms with Crippen molar-refractivity contribution in [3.05, 3.63) is 29.8 Å². The predicted octanol–water partition coefficient (Wildman–Crippen LogP) is 2.46. The van der Waals surface area contributed by atoms with Crippen LogP contribution in [0.25, 0.3) is 0 Å². The smallest absolute Gasteiger partial charge is 0.119 e. The third kappa shape index (κ3) is 5.67. The molecule has 1 atom stereocenters. The molecule has 1 aromatic rings. The van der Waals surface area contributed by atoms with Gasteiger partial charge in [0.1, 0.15) is 5.75 Å². The molecular weight excluding hydrogens is 338 g/mol. The van der Waals surface area contributed by atoms with E-state index in [0.29, 0.717) is 0 Å². The lowest BCUT2D eigenvalue weighted by Gasteiger charge is -2.44. The molecule has 0 aliphatic carbocycles. The summed E-state index contributed by atoms with van der Waals surface area (Å²) in [6.45, 7) is 11.8. The van der Waals surface area contributed by atoms with E-state index in [9.17, 15) is 0 Å². The molecule has 0 spiro atoms. The zero-order valence-electron chi connectivity index (χ0n) is 16.7. The van der Waals surface area contributed by atoms with Gasteiger partial charge in [-0.2, -0.15) is 0 Å². The van der Waals surface area contributed by atoms with E-state index in [4.69, 9.17) is 9.47 Å². The molecule has 1 aromatic carbocycles. The van der Waals surface area contributed by atoms with Crippen molar-refractivity contribution in [2.75, 3.05) is 65.6 Å². The van der Waals surface area contributed by atoms with Crippen molar-refractivity contribution < 1.29 is 9.47 Å². The number of morpholine rings is 1. The van der Waals surface area contributed by atoms with Crippen LogP contribution >= 0.6 is 0 Å². The molecule has 3 saturated heterocycles. The minimum absolute atomic E-state index is 0.784. The first kappa shape index (κ1) is 19.2. The third-order valence-electron chi connectivity index (χ3n) is 6.22. The number of fused-ring (bicyclic) bond motifs is 1. The highest BCUT2D eigenvalue weighted by Gasteiger charge is 2.28. The average Bonchev–Trinajstić information content (AvgIpc) is 2.72. The summed E-state index contributed by atoms with van der Waals surface area (Å²) >= 11 is 0. The zero-order valence-corrected chi connectivity index (χ0v) is 16.7. The first-order chi connectivity index (χ1) is 13.4. The number of benzene rings is 1. The van der Waals surface area contributed by atoms with Crippen molar-refractivity contribution in [1.82, 2.24) is 14.7 Å². The van der Waals surface area contributed by atoms with Gasteiger partial charge in [0.15, 0.2) is 0 Å². The van der Waals surface area contributed by atoms with Crippen molar-refractivity contribution in [1.29, 1.82) is 0 Å². The fourth-order valence-electron chi connectivity index (χ4n) is 4.66. The standard InChI is InChI=1S/C22H35N3O2/c1-2-9-25-11-10-24(19-21(25)6-1)18-20-5-3-7-22(17-20)27-14-4-8-23-12-15-26-16-13-23/h3,5,7,17,21H,1-2,4,6,8-16,18-19H2/t21-/m0/s1. The van der Waals surface area contributed by atoms with Crippen molar-refractivity contribution in [3.8, 4) is 5.75 Å². The van der Waals surface area contributed by atoms with Gasteiger partial charge in [0.25, 0.3) is 0 Å². The maximum Gasteiger partial charge on any atom is 0.119 e. The molecule has 27 heavy (non-hydrogen) atoms. The number of nitrogens with zero attached hydrogens (tertiary/aromatic N) is 3. The number of piperazine rings is 1. The predicted molar refractivity (Wildman–Crippen MR) is 108 cm³/mol. The Hall–Kier alpha value is -1.14. The Labute approximate surface area is 164 Å². The van der Waals surface area contributed by atoms with Crippen LogP contribution in [0.3, 0.4) is 0 Å². The minimum Gasteiger partial charge on any atom is -0.494 e. The zero-order chi connectivity index (χ0) is 18.3. The van der Waals surface area contributed by atoms with Gasteiger partial charge in [-0.1, -0.05) is 18.6 Å². The van der Waals surface area contributed by atoms with E-state index in [1.54, 1.807) is 0 Å². The largest absolute Gasteiger partial charge is 0.494 e. The number of hydrogen-bond donors (Lipinski definition) is 0. The summed E-state index contributed by atoms with van der Waals surface area (Å²) in [5.74, 6) is 1.02. The first-order valence-electron chi connectivity index (χ1n) is 10.8. The summed E-state index contributed by atoms with van der Waals surface area (Å²) in [6.07, 6.45) is 5.25. The van der Waals surface area contributed by atoms with E-state index >= 15 is 0 Å². The van der Waals surface area contributed by atoms with Crippen LogP contribution in [0, 0.1) is 0 Å². The fraction of sp³-hybridized carbons (Fsp3) is 0.727. The summed E-state index contributed by atoms with van der Waals surface area (Å²) in [5.41, 5.74) is 1.38. The maximum atomic E-state index is 6.03. The summed E-state index contributed by atoms with van der Waals surface area (Å²) < 4.78 is 11.4. The first-order valence-corrected chi connectivity index (χ1v) is 10.8. The van der Waals surface area contributed by atoms with Crippen LogP contribution < -0.4 is 4.74 Å². The summed E-state index contributed by atoms with van der Waals surface area (Å²) in [7, 11) is 0. The summed E-state index contributed by atoms with van der Waals surface area (Å²) in [6, 6.07) is 9.50. The van der Waals surface area contributed by atoms with Gasteiger partial charge in [0.2, 0.25) is 0 Å². The van der Waals surface area contributed by atoms with E-state index in [-0.39, 0.29) is 0 Å². The van der Waals surface area contributed by atoms with E-state index in [1.807, 2.05) is 0 Å². The quantitative estimate of drug-likeness (QED) is 0.685. The van der Waals surface area contributed by atoms with E-state index < -0.39 is 0 Å². The van der Waals surface area contributed by atoms with Crippen LogP contribution in [0.4, 0.5) is 0 Å². The number of rotatable bonds is 7. The molecule has 150 valence electrons. The molecule has 5 heteroatoms. The molecule has 0 N–H and O–H groups in total. The summed E-state index contributed by atoms with van der Waals surface area (Å²) in [5, 5.41) is 0. The van der Waals surface area contributed by atoms with Crippen LogP contribution in [0.2, 0.25) is 0 Å². The van der Waals surface area contributed by atoms with Crippen molar-refractivity contribution in [3.63, 3.8) is 0 Å². The van der Waals surface area contributed by atoms with Gasteiger partial charge in [-0.25, -0.2) is 0 Å². The highest BCUT2D eigenvalue weighted by Crippen LogP contribution is 2.23. The monoisotopic (exact) mass is 373 g/mol. The Bertz CT molecular complexity index is 576. The average molecular weight is 374 g/mol. The topological polar surface area (TPSA) is 28.2 Å². The van der Waals surface area contributed by atoms with Crippen molar-refractivity contribution in [2.45, 2.75) is 38.3 Å². The van der Waals surface area contributed by atoms with Gasteiger partial charge in [0, 0.05) is 51.9 Å². The molecule has 3 aliphatic heterocycles. The Morgan fingerprint density at radius 2 is 1.93 bits per heavy atom. The van der Waals surface area contributed by atoms with Gasteiger partial charge >= 0.3 is 0 Å². The van der Waals surface area contributed by atoms with E-state index in [1.165, 1.54) is 51.0 Å². The Kier molecular flexibility index (Phi) is 7.02. The maximum absolute atomic E-state index is 6.03. The van der Waals surface area contributed by atoms with Gasteiger partial charge < -0.3 is 9.47 Å². The Balaban J connectivity index is 1.20. The molecule has 3 heterocycles. The second-order valence-corrected chi connectivity index (χ2v) is 8.22. The second-order valence-electron chi connectivity index (χ2n) is 8.22. The molecule has 0 radical (unpaired) electrons. The molecule has 3 aliphatic rings. The SMILES string of the molecule is c1cc(CN2CCN3CCCC[C@H]3C2)cc(OCCCN2CCOCC2)c1. The van der Waals surface area contributed by atoms with Gasteiger partial charge in [-0.15, -0.1) is 0 Å². The molecule has 3 fully saturated rings. The number of piperidine rings is 1. The van der Waals surface area contributed by atoms with Crippen LogP contribution in [0.15, 0.2) is 24.3 Å². The van der Waals surface area contributed by atoms with Crippen LogP contribution in [0.1, 0.15) is 31.2 Å². The van der Waals surface area contributed by atoms with Gasteiger partial charge in [0.05, 0.1) is 19.8 Å². The Morgan fingerprint density at radius 3 is 2.85 bits per heavy atom. The highest BCUT2D eigenvalue weighted by molar-refractivity contribution is 5.28. The van der Waals surface area contributed by atoms with Crippen LogP contribution in [-0.4, -0.2) is 86.4 Å². The summed E-state index contributed by atoms with van der Waals surface area (Å²) in [4.78, 5) is 7.80. The van der Waals surface area contributed by atoms with Crippen LogP contribution in [0.5, 0.6) is 5.75 Å². The van der Waals surface area contributed by atoms with E-state index in [0.717, 1.165) is 64.2 Å². The molecule has 0 saturated carbocycles. The molecule has 4 rings (SSSR count). The highest BCUT2D eigenvalue weighted by atomic mass is 16.5. The lowest BCUT2D eigenvalue weighted by atomic mass is 9.99. The minimum atomic E-state index is 0.784.